The maximum atomic E-state index is 6.21. The molecule has 5 aromatic carbocycles. The third-order valence-electron chi connectivity index (χ3n) is 10.0. The van der Waals surface area contributed by atoms with E-state index in [1.165, 1.54) is 26.4 Å². The number of aromatic nitrogens is 3. The Bertz CT molecular complexity index is 2770. The zero-order valence-electron chi connectivity index (χ0n) is 33.1. The smallest absolute Gasteiger partial charge is 0.137 e. The molecular formula is C49H47IrN3OSSi-2. The van der Waals surface area contributed by atoms with Crippen molar-refractivity contribution in [3.05, 3.63) is 144 Å². The van der Waals surface area contributed by atoms with Crippen molar-refractivity contribution in [2.45, 2.75) is 60.2 Å². The molecule has 9 rings (SSSR count). The van der Waals surface area contributed by atoms with Gasteiger partial charge in [-0.1, -0.05) is 123 Å². The number of furan rings is 1. The van der Waals surface area contributed by atoms with Crippen LogP contribution in [0.2, 0.25) is 19.6 Å². The summed E-state index contributed by atoms with van der Waals surface area (Å²) in [5.74, 6) is 2.21. The summed E-state index contributed by atoms with van der Waals surface area (Å²) >= 11 is 1.67. The molecule has 0 fully saturated rings. The molecule has 4 heterocycles. The summed E-state index contributed by atoms with van der Waals surface area (Å²) in [7, 11) is -1.34. The van der Waals surface area contributed by atoms with E-state index in [0.717, 1.165) is 74.1 Å². The first-order valence-corrected chi connectivity index (χ1v) is 23.6. The number of benzene rings is 5. The topological polar surface area (TPSA) is 43.9 Å². The number of fused-ring (bicyclic) bond motifs is 5. The standard InChI is InChI=1S/C31H23N2OS.C18H24NSi.Ir/c1-19(2)15-20-11-13-24-25(18-35-30(24)16-20)31-32-26-8-4-5-9-27(26)33(31)21-12-14-23-22-7-3-6-10-28(22)34-29(23)17-21;1-14(2)11-16-12-17(15-9-7-6-8-10-15)19-13-18(16)20(3,4)5;/h3-14,16-17,19H,15H2,1-2H3;6-9,12-14H,11H2,1-5H3;/q2*-1;. The SMILES string of the molecule is CC(C)Cc1cc(-c2[c-]cccc2)ncc1[Si](C)(C)C.CC(C)Cc1ccc2c(-c3nc4ccccc4n3-c3ccc4c(c3)oc3ccccc34)[c-]sc2c1.[Ir]. The van der Waals surface area contributed by atoms with Crippen LogP contribution in [0.4, 0.5) is 0 Å². The summed E-state index contributed by atoms with van der Waals surface area (Å²) < 4.78 is 9.70. The van der Waals surface area contributed by atoms with Gasteiger partial charge in [-0.05, 0) is 65.9 Å². The van der Waals surface area contributed by atoms with Crippen LogP contribution in [0.3, 0.4) is 0 Å². The first kappa shape index (κ1) is 39.6. The Kier molecular flexibility index (Phi) is 11.6. The average molecular weight is 946 g/mol. The fourth-order valence-corrected chi connectivity index (χ4v) is 10.1. The molecule has 0 bridgehead atoms. The zero-order chi connectivity index (χ0) is 38.3. The Balaban J connectivity index is 0.000000197. The molecule has 0 spiro atoms. The van der Waals surface area contributed by atoms with Crippen molar-refractivity contribution in [2.24, 2.45) is 11.8 Å². The average Bonchev–Trinajstić information content (AvgIpc) is 3.87. The predicted octanol–water partition coefficient (Wildman–Crippen LogP) is 13.1. The van der Waals surface area contributed by atoms with Gasteiger partial charge in [-0.3, -0.25) is 16.3 Å². The Morgan fingerprint density at radius 2 is 1.48 bits per heavy atom. The van der Waals surface area contributed by atoms with E-state index in [-0.39, 0.29) is 20.1 Å². The number of hydrogen-bond acceptors (Lipinski definition) is 4. The Labute approximate surface area is 349 Å². The third-order valence-corrected chi connectivity index (χ3v) is 13.0. The number of nitrogens with zero attached hydrogens (tertiary/aromatic N) is 3. The molecular weight excluding hydrogens is 899 g/mol. The third kappa shape index (κ3) is 8.10. The van der Waals surface area contributed by atoms with E-state index in [0.29, 0.717) is 11.8 Å². The number of imidazole rings is 1. The van der Waals surface area contributed by atoms with E-state index in [2.05, 4.69) is 153 Å². The molecule has 0 saturated carbocycles. The van der Waals surface area contributed by atoms with Crippen molar-refractivity contribution in [1.29, 1.82) is 0 Å². The van der Waals surface area contributed by atoms with Gasteiger partial charge >= 0.3 is 0 Å². The molecule has 56 heavy (non-hydrogen) atoms. The number of rotatable bonds is 8. The van der Waals surface area contributed by atoms with Gasteiger partial charge in [0.05, 0.1) is 24.9 Å². The molecule has 0 N–H and O–H groups in total. The first-order chi connectivity index (χ1) is 26.5. The Morgan fingerprint density at radius 3 is 2.25 bits per heavy atom. The van der Waals surface area contributed by atoms with Crippen LogP contribution in [-0.4, -0.2) is 22.6 Å². The first-order valence-electron chi connectivity index (χ1n) is 19.3. The van der Waals surface area contributed by atoms with Gasteiger partial charge in [0.1, 0.15) is 11.2 Å². The maximum Gasteiger partial charge on any atom is 0.137 e. The molecule has 4 nitrogen and oxygen atoms in total. The van der Waals surface area contributed by atoms with Gasteiger partial charge in [0.2, 0.25) is 0 Å². The number of thiophene rings is 1. The molecule has 4 aromatic heterocycles. The van der Waals surface area contributed by atoms with E-state index in [1.807, 2.05) is 36.4 Å². The van der Waals surface area contributed by atoms with Gasteiger partial charge in [0, 0.05) is 48.8 Å². The van der Waals surface area contributed by atoms with Gasteiger partial charge in [0.15, 0.2) is 0 Å². The molecule has 0 amide bonds. The van der Waals surface area contributed by atoms with Crippen LogP contribution in [0.1, 0.15) is 38.8 Å². The van der Waals surface area contributed by atoms with E-state index < -0.39 is 8.07 Å². The van der Waals surface area contributed by atoms with Gasteiger partial charge in [-0.15, -0.1) is 47.3 Å². The van der Waals surface area contributed by atoms with E-state index in [9.17, 15) is 0 Å². The van der Waals surface area contributed by atoms with Gasteiger partial charge < -0.3 is 14.0 Å². The van der Waals surface area contributed by atoms with Crippen LogP contribution in [0.15, 0.2) is 126 Å². The second-order valence-electron chi connectivity index (χ2n) is 16.4. The van der Waals surface area contributed by atoms with Crippen LogP contribution >= 0.6 is 11.3 Å². The predicted molar refractivity (Wildman–Crippen MR) is 237 cm³/mol. The van der Waals surface area contributed by atoms with Crippen molar-refractivity contribution >= 4 is 67.7 Å². The number of para-hydroxylation sites is 3. The summed E-state index contributed by atoms with van der Waals surface area (Å²) in [6.07, 6.45) is 4.32. The molecule has 0 unspecified atom stereocenters. The molecule has 0 atom stereocenters. The quantitative estimate of drug-likeness (QED) is 0.113. The van der Waals surface area contributed by atoms with Crippen LogP contribution in [0.5, 0.6) is 0 Å². The van der Waals surface area contributed by atoms with Gasteiger partial charge in [-0.25, -0.2) is 0 Å². The van der Waals surface area contributed by atoms with E-state index in [4.69, 9.17) is 9.40 Å². The van der Waals surface area contributed by atoms with Crippen molar-refractivity contribution in [2.75, 3.05) is 0 Å². The molecule has 0 aliphatic heterocycles. The van der Waals surface area contributed by atoms with Crippen molar-refractivity contribution < 1.29 is 24.5 Å². The van der Waals surface area contributed by atoms with Crippen LogP contribution in [0, 0.1) is 23.3 Å². The number of hydrogen-bond donors (Lipinski definition) is 0. The Hall–Kier alpha value is -4.65. The fourth-order valence-electron chi connectivity index (χ4n) is 7.57. The molecule has 0 aliphatic rings. The molecule has 285 valence electrons. The van der Waals surface area contributed by atoms with Crippen molar-refractivity contribution in [1.82, 2.24) is 14.5 Å². The minimum atomic E-state index is -1.34. The molecule has 7 heteroatoms. The van der Waals surface area contributed by atoms with Crippen LogP contribution in [0.25, 0.3) is 71.4 Å². The molecule has 0 aliphatic carbocycles. The largest absolute Gasteiger partial charge is 0.456 e. The summed E-state index contributed by atoms with van der Waals surface area (Å²) in [5.41, 5.74) is 10.9. The summed E-state index contributed by atoms with van der Waals surface area (Å²) in [4.78, 5) is 9.77. The molecule has 0 saturated heterocycles. The Morgan fingerprint density at radius 1 is 0.750 bits per heavy atom. The fraction of sp³-hybridized carbons (Fsp3) is 0.224. The van der Waals surface area contributed by atoms with Gasteiger partial charge in [0.25, 0.3) is 0 Å². The number of pyridine rings is 1. The molecule has 9 aromatic rings. The maximum absolute atomic E-state index is 6.21. The monoisotopic (exact) mass is 946 g/mol. The van der Waals surface area contributed by atoms with Crippen LogP contribution < -0.4 is 5.19 Å². The minimum absolute atomic E-state index is 0. The van der Waals surface area contributed by atoms with E-state index >= 15 is 0 Å². The van der Waals surface area contributed by atoms with Crippen molar-refractivity contribution in [3.63, 3.8) is 0 Å². The van der Waals surface area contributed by atoms with Crippen LogP contribution in [-0.2, 0) is 32.9 Å². The van der Waals surface area contributed by atoms with Gasteiger partial charge in [-0.2, -0.15) is 0 Å². The normalized spacial score (nSPS) is 11.8. The molecule has 1 radical (unpaired) electrons. The summed E-state index contributed by atoms with van der Waals surface area (Å²) in [6.45, 7) is 16.3. The minimum Gasteiger partial charge on any atom is -0.456 e. The van der Waals surface area contributed by atoms with Crippen molar-refractivity contribution in [3.8, 4) is 28.3 Å². The van der Waals surface area contributed by atoms with E-state index in [1.54, 1.807) is 11.3 Å². The summed E-state index contributed by atoms with van der Waals surface area (Å²) in [5, 5.41) is 8.53. The second-order valence-corrected chi connectivity index (χ2v) is 22.3. The summed E-state index contributed by atoms with van der Waals surface area (Å²) in [6, 6.07) is 43.4. The second kappa shape index (κ2) is 16.4. The zero-order valence-corrected chi connectivity index (χ0v) is 37.3.